The van der Waals surface area contributed by atoms with Gasteiger partial charge in [-0.25, -0.2) is 26.4 Å². The molecule has 2 aliphatic carbocycles. The van der Waals surface area contributed by atoms with E-state index in [0.29, 0.717) is 142 Å². The van der Waals surface area contributed by atoms with Gasteiger partial charge in [0.2, 0.25) is 10.0 Å². The SMILES string of the molecule is C[C@H]1CCCN([C@H]2Cc3c(Cl)cc(Cl)cc3[C@@H]2Oc2ccc(S(=O)(=O)C[C@H]3CCN(CCOCCNC(=O)NCCCCCC(=O)CCCOCCN4CC[C@H](NS(=O)(=O)c5ccc(O[C@H]6c7cc(Cl)cc(C#N)c7C[C@@H]6N6CCN[C@H](C)C6)cc5)C4)C3)cc2)C1. The molecule has 4 saturated heterocycles. The Balaban J connectivity index is 0.523. The van der Waals surface area contributed by atoms with Crippen molar-refractivity contribution in [2.24, 2.45) is 11.8 Å². The van der Waals surface area contributed by atoms with Crippen molar-refractivity contribution >= 4 is 66.5 Å². The van der Waals surface area contributed by atoms with Crippen molar-refractivity contribution in [3.63, 3.8) is 0 Å². The lowest BCUT2D eigenvalue weighted by atomic mass is 9.97. The second-order valence-corrected chi connectivity index (χ2v) is 30.8. The summed E-state index contributed by atoms with van der Waals surface area (Å²) in [5.74, 6) is 2.03. The third-order valence-corrected chi connectivity index (χ3v) is 23.0. The Kier molecular flexibility index (Phi) is 24.8. The summed E-state index contributed by atoms with van der Waals surface area (Å²) >= 11 is 19.6. The van der Waals surface area contributed by atoms with Gasteiger partial charge in [-0.05, 0) is 186 Å². The molecule has 8 atom stereocenters. The summed E-state index contributed by atoms with van der Waals surface area (Å²) in [5.41, 5.74) is 4.45. The molecule has 6 aliphatic rings. The highest BCUT2D eigenvalue weighted by Crippen LogP contribution is 2.45. The van der Waals surface area contributed by atoms with Crippen LogP contribution in [0.3, 0.4) is 0 Å². The van der Waals surface area contributed by atoms with Crippen molar-refractivity contribution in [3.05, 3.63) is 116 Å². The number of benzene rings is 4. The first-order valence-corrected chi connectivity index (χ1v) is 37.0. The van der Waals surface area contributed by atoms with Gasteiger partial charge in [-0.2, -0.15) is 5.26 Å². The van der Waals surface area contributed by atoms with Crippen LogP contribution in [0.4, 0.5) is 4.79 Å². The minimum atomic E-state index is -3.79. The van der Waals surface area contributed by atoms with Crippen LogP contribution in [0, 0.1) is 23.2 Å². The minimum Gasteiger partial charge on any atom is -0.484 e. The summed E-state index contributed by atoms with van der Waals surface area (Å²) < 4.78 is 82.1. The predicted molar refractivity (Wildman–Crippen MR) is 354 cm³/mol. The van der Waals surface area contributed by atoms with Gasteiger partial charge >= 0.3 is 6.03 Å². The zero-order chi connectivity index (χ0) is 64.1. The largest absolute Gasteiger partial charge is 0.484 e. The number of nitrogens with zero attached hydrogens (tertiary/aromatic N) is 5. The van der Waals surface area contributed by atoms with Crippen molar-refractivity contribution in [2.75, 3.05) is 117 Å². The lowest BCUT2D eigenvalue weighted by Crippen LogP contribution is -2.54. The van der Waals surface area contributed by atoms with Gasteiger partial charge in [0.25, 0.3) is 0 Å². The Morgan fingerprint density at radius 3 is 1.99 bits per heavy atom. The van der Waals surface area contributed by atoms with Crippen LogP contribution >= 0.6 is 34.8 Å². The van der Waals surface area contributed by atoms with Gasteiger partial charge in [0.05, 0.1) is 59.1 Å². The molecule has 0 radical (unpaired) electrons. The molecule has 24 heteroatoms. The number of piperazine rings is 1. The Labute approximate surface area is 553 Å². The molecule has 4 aromatic rings. The number of hydrogen-bond donors (Lipinski definition) is 4. The number of carbonyl (C=O) groups excluding carboxylic acids is 2. The number of amides is 2. The first-order valence-electron chi connectivity index (χ1n) is 32.7. The van der Waals surface area contributed by atoms with E-state index < -0.39 is 19.9 Å². The molecule has 4 heterocycles. The lowest BCUT2D eigenvalue weighted by Gasteiger charge is -2.38. The molecule has 4 aliphatic heterocycles. The zero-order valence-corrected chi connectivity index (χ0v) is 56.4. The molecule has 0 unspecified atom stereocenters. The number of Topliss-reactive ketones (excluding diaryl/α,β-unsaturated/α-hetero) is 1. The number of piperidine rings is 1. The molecule has 19 nitrogen and oxygen atoms in total. The van der Waals surface area contributed by atoms with E-state index in [1.165, 1.54) is 6.42 Å². The smallest absolute Gasteiger partial charge is 0.314 e. The summed E-state index contributed by atoms with van der Waals surface area (Å²) in [4.78, 5) is 34.7. The maximum Gasteiger partial charge on any atom is 0.314 e. The summed E-state index contributed by atoms with van der Waals surface area (Å²) in [6.45, 7) is 15.8. The van der Waals surface area contributed by atoms with Crippen LogP contribution < -0.4 is 30.1 Å². The van der Waals surface area contributed by atoms with Gasteiger partial charge in [-0.3, -0.25) is 19.5 Å². The highest BCUT2D eigenvalue weighted by Gasteiger charge is 2.43. The molecule has 2 amide bonds. The van der Waals surface area contributed by atoms with E-state index >= 15 is 0 Å². The van der Waals surface area contributed by atoms with E-state index in [4.69, 9.17) is 53.8 Å². The molecule has 0 spiro atoms. The molecule has 4 N–H and O–H groups in total. The number of unbranched alkanes of at least 4 members (excludes halogenated alkanes) is 2. The normalized spacial score (nSPS) is 24.0. The van der Waals surface area contributed by atoms with Gasteiger partial charge in [0.1, 0.15) is 29.5 Å². The maximum absolute atomic E-state index is 13.6. The fourth-order valence-electron chi connectivity index (χ4n) is 14.1. The summed E-state index contributed by atoms with van der Waals surface area (Å²) in [6, 6.07) is 22.9. The van der Waals surface area contributed by atoms with Crippen LogP contribution in [-0.2, 0) is 47.0 Å². The highest BCUT2D eigenvalue weighted by atomic mass is 35.5. The molecule has 0 saturated carbocycles. The molecular weight excluding hydrogens is 1260 g/mol. The fraction of sp³-hybridized carbons (Fsp3) is 0.597. The number of hydrogen-bond acceptors (Lipinski definition) is 16. The third kappa shape index (κ3) is 19.1. The Morgan fingerprint density at radius 2 is 1.29 bits per heavy atom. The quantitative estimate of drug-likeness (QED) is 0.0345. The number of ether oxygens (including phenoxy) is 4. The molecule has 91 heavy (non-hydrogen) atoms. The number of sulfone groups is 1. The average Bonchev–Trinajstić information content (AvgIpc) is 1.67. The van der Waals surface area contributed by atoms with Gasteiger partial charge in [-0.15, -0.1) is 0 Å². The Morgan fingerprint density at radius 1 is 0.659 bits per heavy atom. The number of rotatable bonds is 31. The number of nitriles is 1. The molecule has 4 fully saturated rings. The molecular formula is C67H90Cl3N9O10S2. The van der Waals surface area contributed by atoms with Crippen LogP contribution in [-0.4, -0.2) is 190 Å². The van der Waals surface area contributed by atoms with E-state index in [1.807, 2.05) is 12.1 Å². The monoisotopic (exact) mass is 1350 g/mol. The molecule has 0 bridgehead atoms. The number of sulfonamides is 1. The Bertz CT molecular complexity index is 3380. The van der Waals surface area contributed by atoms with Crippen LogP contribution in [0.15, 0.2) is 82.6 Å². The summed E-state index contributed by atoms with van der Waals surface area (Å²) in [5, 5.41) is 20.8. The van der Waals surface area contributed by atoms with Crippen molar-refractivity contribution in [1.82, 2.24) is 40.3 Å². The number of ketones is 1. The molecule has 10 rings (SSSR count). The average molecular weight is 1350 g/mol. The van der Waals surface area contributed by atoms with E-state index in [9.17, 15) is 31.7 Å². The zero-order valence-electron chi connectivity index (χ0n) is 52.5. The summed E-state index contributed by atoms with van der Waals surface area (Å²) in [6.07, 6.45) is 8.54. The number of urea groups is 1. The standard InChI is InChI=1S/C67H90Cl3N9O10S2/c1-46-8-6-24-78(41-46)64-39-59-61(36-51(69)37-62(59)70)66(64)89-54-11-15-56(16-12-54)90(82,83)45-48-19-25-76(43-48)28-33-87-31-23-74-67(81)73-21-5-3-4-9-53(80)10-7-30-86-32-29-77-26-20-52(44-77)75-91(84,85)57-17-13-55(14-18-57)88-65-60-35-50(68)34-49(40-71)58(60)38-63(65)79-27-22-72-47(2)42-79/h11-18,34-37,46-48,52,63-66,72,75H,3-10,19-33,38-39,41-45H2,1-2H3,(H2,73,74,81)/t46-,47+,48-,52-,63-,64-,65-,66-/m0/s1. The Hall–Kier alpha value is -4.64. The van der Waals surface area contributed by atoms with E-state index in [1.54, 1.807) is 60.7 Å². The van der Waals surface area contributed by atoms with Gasteiger partial charge in [-0.1, -0.05) is 48.1 Å². The molecule has 0 aromatic heterocycles. The van der Waals surface area contributed by atoms with Crippen molar-refractivity contribution < 1.29 is 45.4 Å². The number of nitrogens with one attached hydrogen (secondary N) is 4. The number of fused-ring (bicyclic) bond motifs is 2. The molecule has 4 aromatic carbocycles. The van der Waals surface area contributed by atoms with Crippen LogP contribution in [0.2, 0.25) is 15.1 Å². The molecule has 496 valence electrons. The van der Waals surface area contributed by atoms with Crippen molar-refractivity contribution in [1.29, 1.82) is 5.26 Å². The van der Waals surface area contributed by atoms with Crippen LogP contribution in [0.1, 0.15) is 118 Å². The lowest BCUT2D eigenvalue weighted by molar-refractivity contribution is -0.119. The summed E-state index contributed by atoms with van der Waals surface area (Å²) in [7, 11) is -7.32. The fourth-order valence-corrected chi connectivity index (χ4v) is 17.8. The van der Waals surface area contributed by atoms with Crippen molar-refractivity contribution in [2.45, 2.75) is 137 Å². The predicted octanol–water partition coefficient (Wildman–Crippen LogP) is 9.02. The highest BCUT2D eigenvalue weighted by molar-refractivity contribution is 7.91. The second kappa shape index (κ2) is 32.7. The van der Waals surface area contributed by atoms with Crippen LogP contribution in [0.25, 0.3) is 0 Å². The second-order valence-electron chi connectivity index (χ2n) is 25.7. The number of halogens is 3. The van der Waals surface area contributed by atoms with E-state index in [-0.39, 0.29) is 63.6 Å². The minimum absolute atomic E-state index is 0.00273. The topological polar surface area (TPSA) is 224 Å². The van der Waals surface area contributed by atoms with Crippen LogP contribution in [0.5, 0.6) is 11.5 Å². The third-order valence-electron chi connectivity index (χ3n) is 18.8. The maximum atomic E-state index is 13.6. The first-order chi connectivity index (χ1) is 43.9. The van der Waals surface area contributed by atoms with Gasteiger partial charge in [0, 0.05) is 118 Å². The van der Waals surface area contributed by atoms with Gasteiger partial charge in [0.15, 0.2) is 9.84 Å². The number of likely N-dealkylation sites (tertiary alicyclic amines) is 3. The first kappa shape index (κ1) is 69.2. The van der Waals surface area contributed by atoms with E-state index in [0.717, 1.165) is 107 Å². The van der Waals surface area contributed by atoms with E-state index in [2.05, 4.69) is 60.2 Å². The van der Waals surface area contributed by atoms with Gasteiger partial charge < -0.3 is 39.8 Å². The number of carbonyl (C=O) groups is 2. The van der Waals surface area contributed by atoms with Crippen molar-refractivity contribution in [3.8, 4) is 17.6 Å².